The van der Waals surface area contributed by atoms with Crippen LogP contribution in [-0.4, -0.2) is 18.5 Å². The first-order chi connectivity index (χ1) is 3.18. The van der Waals surface area contributed by atoms with Crippen LogP contribution >= 0.6 is 8.20 Å². The Morgan fingerprint density at radius 2 is 2.14 bits per heavy atom. The van der Waals surface area contributed by atoms with E-state index in [2.05, 4.69) is 0 Å². The zero-order chi connectivity index (χ0) is 5.86. The molecule has 0 atom stereocenters. The molecule has 0 amide bonds. The lowest BCUT2D eigenvalue weighted by molar-refractivity contribution is 0.227. The molecule has 0 aliphatic rings. The van der Waals surface area contributed by atoms with Crippen molar-refractivity contribution < 1.29 is 8.78 Å². The Hall–Kier alpha value is -0.0100. The molecule has 0 spiro atoms. The van der Waals surface area contributed by atoms with E-state index < -0.39 is 6.43 Å². The van der Waals surface area contributed by atoms with E-state index in [1.165, 1.54) is 0 Å². The van der Waals surface area contributed by atoms with Crippen molar-refractivity contribution in [3.63, 3.8) is 0 Å². The fraction of sp³-hybridized carbons (Fsp3) is 0.667. The first-order valence-corrected chi connectivity index (χ1v) is 3.03. The predicted molar refractivity (Wildman–Crippen MR) is 28.0 cm³/mol. The van der Waals surface area contributed by atoms with Gasteiger partial charge in [-0.25, -0.2) is 8.78 Å². The number of alkyl halides is 2. The summed E-state index contributed by atoms with van der Waals surface area (Å²) in [6, 6.07) is 0. The highest BCUT2D eigenvalue weighted by Crippen LogP contribution is 1.97. The minimum atomic E-state index is -2.45. The zero-order valence-electron chi connectivity index (χ0n) is 3.86. The zero-order valence-corrected chi connectivity index (χ0v) is 4.75. The van der Waals surface area contributed by atoms with Crippen LogP contribution in [-0.2, 0) is 0 Å². The molecule has 0 saturated heterocycles. The number of nitrogens with two attached hydrogens (primary N) is 1. The van der Waals surface area contributed by atoms with Crippen molar-refractivity contribution >= 4 is 13.6 Å². The molecule has 0 aromatic rings. The fourth-order valence-electron chi connectivity index (χ4n) is 0.0976. The van der Waals surface area contributed by atoms with E-state index in [1.807, 2.05) is 0 Å². The van der Waals surface area contributed by atoms with Crippen LogP contribution in [0.15, 0.2) is 0 Å². The summed E-state index contributed by atoms with van der Waals surface area (Å²) in [6.07, 6.45) is -2.45. The van der Waals surface area contributed by atoms with Crippen LogP contribution in [0.25, 0.3) is 0 Å². The third kappa shape index (κ3) is 2.66. The maximum absolute atomic E-state index is 11.3. The van der Waals surface area contributed by atoms with Gasteiger partial charge in [0.1, 0.15) is 0 Å². The van der Waals surface area contributed by atoms with Crippen LogP contribution in [0.2, 0.25) is 0 Å². The van der Waals surface area contributed by atoms with E-state index in [-0.39, 0.29) is 5.42 Å². The highest BCUT2D eigenvalue weighted by molar-refractivity contribution is 7.39. The van der Waals surface area contributed by atoms with E-state index in [0.717, 1.165) is 0 Å². The molecule has 0 fully saturated rings. The molecule has 0 heterocycles. The molecule has 2 N–H and O–H groups in total. The van der Waals surface area contributed by atoms with Crippen molar-refractivity contribution in [2.75, 3.05) is 6.66 Å². The van der Waals surface area contributed by atoms with Crippen molar-refractivity contribution in [2.24, 2.45) is 5.73 Å². The summed E-state index contributed by atoms with van der Waals surface area (Å²) in [5.74, 6) is 0. The average Bonchev–Trinajstić information content (AvgIpc) is 1.65. The predicted octanol–water partition coefficient (Wildman–Crippen LogP) is 0.916. The summed E-state index contributed by atoms with van der Waals surface area (Å²) >= 11 is 0. The second-order valence-electron chi connectivity index (χ2n) is 0.949. The second-order valence-corrected chi connectivity index (χ2v) is 1.91. The summed E-state index contributed by atoms with van der Waals surface area (Å²) in [7, 11) is 0.467. The van der Waals surface area contributed by atoms with Gasteiger partial charge in [0.15, 0.2) is 0 Å². The highest BCUT2D eigenvalue weighted by atomic mass is 31.1. The van der Waals surface area contributed by atoms with Gasteiger partial charge in [0, 0.05) is 0 Å². The second kappa shape index (κ2) is 3.05. The van der Waals surface area contributed by atoms with E-state index in [0.29, 0.717) is 8.20 Å². The maximum Gasteiger partial charge on any atom is 0.276 e. The normalized spacial score (nSPS) is 13.0. The number of hydrogen-bond acceptors (Lipinski definition) is 0. The Morgan fingerprint density at radius 3 is 2.14 bits per heavy atom. The molecular formula is C3H6F2NP. The number of hydrogen-bond donors (Lipinski definition) is 1. The van der Waals surface area contributed by atoms with Gasteiger partial charge in [-0.05, 0) is 6.66 Å². The van der Waals surface area contributed by atoms with E-state index in [1.54, 1.807) is 6.66 Å². The summed E-state index contributed by atoms with van der Waals surface area (Å²) in [4.78, 5) is 0. The lowest BCUT2D eigenvalue weighted by atomic mass is 10.7. The fourth-order valence-corrected chi connectivity index (χ4v) is 0.293. The standard InChI is InChI=1S/C3H6F2NP/c1-7-3(6)2(4)5/h2H,6H2,1H3. The summed E-state index contributed by atoms with van der Waals surface area (Å²) in [5, 5.41) is 0. The molecule has 0 unspecified atom stereocenters. The van der Waals surface area contributed by atoms with Crippen molar-refractivity contribution in [1.82, 2.24) is 0 Å². The Kier molecular flexibility index (Phi) is 3.05. The Balaban J connectivity index is 3.56. The lowest BCUT2D eigenvalue weighted by Crippen LogP contribution is -2.17. The minimum absolute atomic E-state index is 0.264. The first-order valence-electron chi connectivity index (χ1n) is 1.68. The van der Waals surface area contributed by atoms with Gasteiger partial charge in [-0.3, -0.25) is 5.73 Å². The third-order valence-corrected chi connectivity index (χ3v) is 1.19. The molecule has 42 valence electrons. The molecule has 0 saturated carbocycles. The molecule has 0 aliphatic carbocycles. The number of halogens is 2. The van der Waals surface area contributed by atoms with Gasteiger partial charge < -0.3 is 0 Å². The quantitative estimate of drug-likeness (QED) is 0.518. The SMILES string of the molecule is C/P=C(/N)C(F)F. The molecule has 0 rings (SSSR count). The van der Waals surface area contributed by atoms with Crippen LogP contribution in [0.1, 0.15) is 0 Å². The van der Waals surface area contributed by atoms with Crippen LogP contribution in [0.4, 0.5) is 8.78 Å². The van der Waals surface area contributed by atoms with Crippen molar-refractivity contribution in [1.29, 1.82) is 0 Å². The third-order valence-electron chi connectivity index (χ3n) is 0.482. The Bertz CT molecular complexity index is 81.0. The van der Waals surface area contributed by atoms with Gasteiger partial charge in [0.25, 0.3) is 6.43 Å². The largest absolute Gasteiger partial charge is 0.298 e. The van der Waals surface area contributed by atoms with Crippen molar-refractivity contribution in [3.05, 3.63) is 0 Å². The van der Waals surface area contributed by atoms with Gasteiger partial charge in [-0.1, -0.05) is 8.20 Å². The van der Waals surface area contributed by atoms with Crippen LogP contribution < -0.4 is 5.73 Å². The van der Waals surface area contributed by atoms with E-state index in [9.17, 15) is 8.78 Å². The molecule has 0 radical (unpaired) electrons. The van der Waals surface area contributed by atoms with Crippen molar-refractivity contribution in [3.8, 4) is 0 Å². The molecule has 0 bridgehead atoms. The van der Waals surface area contributed by atoms with Gasteiger partial charge >= 0.3 is 0 Å². The van der Waals surface area contributed by atoms with E-state index in [4.69, 9.17) is 5.73 Å². The highest BCUT2D eigenvalue weighted by Gasteiger charge is 2.02. The van der Waals surface area contributed by atoms with Crippen molar-refractivity contribution in [2.45, 2.75) is 6.43 Å². The summed E-state index contributed by atoms with van der Waals surface area (Å²) in [5.41, 5.74) is 4.51. The average molecular weight is 125 g/mol. The van der Waals surface area contributed by atoms with Crippen LogP contribution in [0.3, 0.4) is 0 Å². The van der Waals surface area contributed by atoms with Gasteiger partial charge in [0.2, 0.25) is 0 Å². The lowest BCUT2D eigenvalue weighted by Gasteiger charge is -1.91. The molecular weight excluding hydrogens is 119 g/mol. The van der Waals surface area contributed by atoms with Gasteiger partial charge in [0.05, 0.1) is 5.42 Å². The van der Waals surface area contributed by atoms with Crippen LogP contribution in [0, 0.1) is 0 Å². The van der Waals surface area contributed by atoms with Gasteiger partial charge in [-0.2, -0.15) is 0 Å². The molecule has 7 heavy (non-hydrogen) atoms. The van der Waals surface area contributed by atoms with Crippen LogP contribution in [0.5, 0.6) is 0 Å². The number of rotatable bonds is 1. The molecule has 0 aromatic heterocycles. The Labute approximate surface area is 42.3 Å². The first kappa shape index (κ1) is 6.99. The summed E-state index contributed by atoms with van der Waals surface area (Å²) in [6.45, 7) is 1.57. The molecule has 4 heteroatoms. The monoisotopic (exact) mass is 125 g/mol. The topological polar surface area (TPSA) is 26.0 Å². The smallest absolute Gasteiger partial charge is 0.276 e. The molecule has 0 aliphatic heterocycles. The Morgan fingerprint density at radius 1 is 1.71 bits per heavy atom. The summed E-state index contributed by atoms with van der Waals surface area (Å²) < 4.78 is 22.5. The van der Waals surface area contributed by atoms with Gasteiger partial charge in [-0.15, -0.1) is 0 Å². The maximum atomic E-state index is 11.3. The molecule has 1 nitrogen and oxygen atoms in total. The minimum Gasteiger partial charge on any atom is -0.298 e. The van der Waals surface area contributed by atoms with E-state index >= 15 is 0 Å². The molecule has 0 aromatic carbocycles.